The second-order valence-electron chi connectivity index (χ2n) is 4.83. The van der Waals surface area contributed by atoms with E-state index in [1.165, 1.54) is 21.6 Å². The van der Waals surface area contributed by atoms with Crippen LogP contribution in [0.1, 0.15) is 16.7 Å². The van der Waals surface area contributed by atoms with Gasteiger partial charge in [-0.05, 0) is 31.5 Å². The Hall–Kier alpha value is -1.25. The van der Waals surface area contributed by atoms with E-state index < -0.39 is 0 Å². The van der Waals surface area contributed by atoms with Crippen LogP contribution in [0.15, 0.2) is 53.4 Å². The predicted octanol–water partition coefficient (Wildman–Crippen LogP) is 4.19. The second kappa shape index (κ2) is 7.37. The molecule has 0 fully saturated rings. The Morgan fingerprint density at radius 2 is 1.63 bits per heavy atom. The normalized spacial score (nSPS) is 10.6. The highest BCUT2D eigenvalue weighted by atomic mass is 32.2. The summed E-state index contributed by atoms with van der Waals surface area (Å²) in [6.07, 6.45) is 0. The summed E-state index contributed by atoms with van der Waals surface area (Å²) in [4.78, 5) is 1.34. The molecule has 100 valence electrons. The first kappa shape index (κ1) is 14.2. The number of benzene rings is 2. The number of hydrogen-bond acceptors (Lipinski definition) is 2. The van der Waals surface area contributed by atoms with Crippen LogP contribution in [-0.4, -0.2) is 12.3 Å². The summed E-state index contributed by atoms with van der Waals surface area (Å²) in [5.41, 5.74) is 4.06. The molecule has 1 N–H and O–H groups in total. The summed E-state index contributed by atoms with van der Waals surface area (Å²) in [7, 11) is 0. The summed E-state index contributed by atoms with van der Waals surface area (Å²) in [6, 6.07) is 17.3. The Balaban J connectivity index is 1.69. The van der Waals surface area contributed by atoms with Crippen molar-refractivity contribution >= 4 is 11.8 Å². The molecule has 0 bridgehead atoms. The molecule has 2 aromatic rings. The SMILES string of the molecule is Cc1cc(C)cc(CNCCSc2ccccc2)c1. The fourth-order valence-electron chi connectivity index (χ4n) is 2.16. The van der Waals surface area contributed by atoms with E-state index in [1.807, 2.05) is 11.8 Å². The van der Waals surface area contributed by atoms with Gasteiger partial charge in [0.25, 0.3) is 0 Å². The zero-order valence-corrected chi connectivity index (χ0v) is 12.5. The number of thioether (sulfide) groups is 1. The van der Waals surface area contributed by atoms with Gasteiger partial charge in [-0.3, -0.25) is 0 Å². The van der Waals surface area contributed by atoms with Crippen LogP contribution in [0.3, 0.4) is 0 Å². The van der Waals surface area contributed by atoms with Gasteiger partial charge >= 0.3 is 0 Å². The van der Waals surface area contributed by atoms with Crippen molar-refractivity contribution in [3.05, 3.63) is 65.2 Å². The lowest BCUT2D eigenvalue weighted by Gasteiger charge is -2.07. The molecule has 0 atom stereocenters. The molecule has 2 aromatic carbocycles. The zero-order valence-electron chi connectivity index (χ0n) is 11.6. The van der Waals surface area contributed by atoms with Gasteiger partial charge in [0.05, 0.1) is 0 Å². The van der Waals surface area contributed by atoms with Crippen molar-refractivity contribution in [1.82, 2.24) is 5.32 Å². The molecule has 0 saturated heterocycles. The fraction of sp³-hybridized carbons (Fsp3) is 0.294. The van der Waals surface area contributed by atoms with Crippen LogP contribution >= 0.6 is 11.8 Å². The van der Waals surface area contributed by atoms with Crippen molar-refractivity contribution < 1.29 is 0 Å². The first-order valence-electron chi connectivity index (χ1n) is 6.70. The third kappa shape index (κ3) is 5.09. The molecule has 19 heavy (non-hydrogen) atoms. The number of nitrogens with one attached hydrogen (secondary N) is 1. The predicted molar refractivity (Wildman–Crippen MR) is 84.8 cm³/mol. The summed E-state index contributed by atoms with van der Waals surface area (Å²) < 4.78 is 0. The maximum Gasteiger partial charge on any atom is 0.0206 e. The van der Waals surface area contributed by atoms with Crippen molar-refractivity contribution in [3.63, 3.8) is 0 Å². The third-order valence-corrected chi connectivity index (χ3v) is 3.92. The minimum absolute atomic E-state index is 0.956. The van der Waals surface area contributed by atoms with Crippen LogP contribution in [-0.2, 0) is 6.54 Å². The van der Waals surface area contributed by atoms with Gasteiger partial charge in [-0.2, -0.15) is 0 Å². The highest BCUT2D eigenvalue weighted by Gasteiger charge is 1.96. The van der Waals surface area contributed by atoms with Crippen molar-refractivity contribution in [1.29, 1.82) is 0 Å². The van der Waals surface area contributed by atoms with Crippen LogP contribution in [0.5, 0.6) is 0 Å². The molecule has 0 spiro atoms. The van der Waals surface area contributed by atoms with E-state index in [-0.39, 0.29) is 0 Å². The summed E-state index contributed by atoms with van der Waals surface area (Å²) >= 11 is 1.90. The first-order valence-corrected chi connectivity index (χ1v) is 7.68. The smallest absolute Gasteiger partial charge is 0.0206 e. The largest absolute Gasteiger partial charge is 0.312 e. The van der Waals surface area contributed by atoms with Gasteiger partial charge in [0.2, 0.25) is 0 Å². The highest BCUT2D eigenvalue weighted by Crippen LogP contribution is 2.15. The summed E-state index contributed by atoms with van der Waals surface area (Å²) in [5.74, 6) is 1.11. The molecule has 2 heteroatoms. The molecule has 1 nitrogen and oxygen atoms in total. The quantitative estimate of drug-likeness (QED) is 0.624. The van der Waals surface area contributed by atoms with E-state index in [1.54, 1.807) is 0 Å². The summed E-state index contributed by atoms with van der Waals surface area (Å²) in [6.45, 7) is 6.30. The van der Waals surface area contributed by atoms with Gasteiger partial charge < -0.3 is 5.32 Å². The van der Waals surface area contributed by atoms with Crippen molar-refractivity contribution in [2.24, 2.45) is 0 Å². The van der Waals surface area contributed by atoms with E-state index in [4.69, 9.17) is 0 Å². The van der Waals surface area contributed by atoms with Gasteiger partial charge in [-0.25, -0.2) is 0 Å². The topological polar surface area (TPSA) is 12.0 Å². The number of rotatable bonds is 6. The van der Waals surface area contributed by atoms with Crippen molar-refractivity contribution in [2.45, 2.75) is 25.3 Å². The molecule has 0 unspecified atom stereocenters. The van der Waals surface area contributed by atoms with Crippen LogP contribution < -0.4 is 5.32 Å². The van der Waals surface area contributed by atoms with E-state index in [0.717, 1.165) is 18.8 Å². The molecular weight excluding hydrogens is 250 g/mol. The summed E-state index contributed by atoms with van der Waals surface area (Å²) in [5, 5.41) is 3.51. The maximum atomic E-state index is 3.51. The molecule has 0 saturated carbocycles. The van der Waals surface area contributed by atoms with E-state index in [2.05, 4.69) is 67.7 Å². The van der Waals surface area contributed by atoms with Gasteiger partial charge in [-0.1, -0.05) is 47.5 Å². The lowest BCUT2D eigenvalue weighted by molar-refractivity contribution is 0.731. The lowest BCUT2D eigenvalue weighted by atomic mass is 10.1. The van der Waals surface area contributed by atoms with Crippen molar-refractivity contribution in [2.75, 3.05) is 12.3 Å². The zero-order chi connectivity index (χ0) is 13.5. The van der Waals surface area contributed by atoms with Gasteiger partial charge in [-0.15, -0.1) is 11.8 Å². The lowest BCUT2D eigenvalue weighted by Crippen LogP contribution is -2.16. The first-order chi connectivity index (χ1) is 9.24. The minimum atomic E-state index is 0.956. The van der Waals surface area contributed by atoms with E-state index in [9.17, 15) is 0 Å². The van der Waals surface area contributed by atoms with Crippen LogP contribution in [0.2, 0.25) is 0 Å². The Kier molecular flexibility index (Phi) is 5.49. The number of hydrogen-bond donors (Lipinski definition) is 1. The van der Waals surface area contributed by atoms with E-state index in [0.29, 0.717) is 0 Å². The van der Waals surface area contributed by atoms with Crippen LogP contribution in [0, 0.1) is 13.8 Å². The third-order valence-electron chi connectivity index (χ3n) is 2.90. The maximum absolute atomic E-state index is 3.51. The Labute approximate surface area is 120 Å². The monoisotopic (exact) mass is 271 g/mol. The van der Waals surface area contributed by atoms with Gasteiger partial charge in [0.1, 0.15) is 0 Å². The van der Waals surface area contributed by atoms with E-state index >= 15 is 0 Å². The average molecular weight is 271 g/mol. The average Bonchev–Trinajstić information content (AvgIpc) is 2.38. The number of aryl methyl sites for hydroxylation is 2. The van der Waals surface area contributed by atoms with Gasteiger partial charge in [0.15, 0.2) is 0 Å². The van der Waals surface area contributed by atoms with Crippen LogP contribution in [0.4, 0.5) is 0 Å². The standard InChI is InChI=1S/C17H21NS/c1-14-10-15(2)12-16(11-14)13-18-8-9-19-17-6-4-3-5-7-17/h3-7,10-12,18H,8-9,13H2,1-2H3. The second-order valence-corrected chi connectivity index (χ2v) is 6.00. The molecule has 0 heterocycles. The fourth-order valence-corrected chi connectivity index (χ4v) is 2.99. The Bertz CT molecular complexity index is 488. The Morgan fingerprint density at radius 1 is 0.947 bits per heavy atom. The molecule has 2 rings (SSSR count). The molecular formula is C17H21NS. The molecule has 0 amide bonds. The molecule has 0 radical (unpaired) electrons. The highest BCUT2D eigenvalue weighted by molar-refractivity contribution is 7.99. The molecule has 0 aliphatic carbocycles. The van der Waals surface area contributed by atoms with Gasteiger partial charge in [0, 0.05) is 23.7 Å². The Morgan fingerprint density at radius 3 is 2.32 bits per heavy atom. The molecule has 0 aliphatic rings. The minimum Gasteiger partial charge on any atom is -0.312 e. The van der Waals surface area contributed by atoms with Crippen LogP contribution in [0.25, 0.3) is 0 Å². The molecule has 0 aliphatic heterocycles. The molecule has 0 aromatic heterocycles. The van der Waals surface area contributed by atoms with Crippen molar-refractivity contribution in [3.8, 4) is 0 Å².